The van der Waals surface area contributed by atoms with Crippen molar-refractivity contribution in [3.63, 3.8) is 0 Å². The molecule has 0 aliphatic heterocycles. The van der Waals surface area contributed by atoms with Crippen LogP contribution in [0.15, 0.2) is 0 Å². The lowest BCUT2D eigenvalue weighted by atomic mass is 9.84. The molecule has 1 rings (SSSR count). The second-order valence-corrected chi connectivity index (χ2v) is 5.52. The highest BCUT2D eigenvalue weighted by molar-refractivity contribution is 5.80. The summed E-state index contributed by atoms with van der Waals surface area (Å²) < 4.78 is 4.87. The van der Waals surface area contributed by atoms with Crippen LogP contribution >= 0.6 is 0 Å². The molecule has 0 unspecified atom stereocenters. The van der Waals surface area contributed by atoms with Crippen LogP contribution in [0.4, 0.5) is 0 Å². The van der Waals surface area contributed by atoms with Crippen molar-refractivity contribution in [3.05, 3.63) is 0 Å². The second-order valence-electron chi connectivity index (χ2n) is 5.52. The van der Waals surface area contributed by atoms with Crippen LogP contribution in [0.2, 0.25) is 0 Å². The Morgan fingerprint density at radius 3 is 2.21 bits per heavy atom. The summed E-state index contributed by atoms with van der Waals surface area (Å²) in [5.74, 6) is 0.735. The van der Waals surface area contributed by atoms with Gasteiger partial charge in [-0.2, -0.15) is 0 Å². The predicted molar refractivity (Wildman–Crippen MR) is 75.9 cm³/mol. The summed E-state index contributed by atoms with van der Waals surface area (Å²) in [6.45, 7) is 2.30. The maximum absolute atomic E-state index is 12.0. The number of hydrogen-bond donors (Lipinski definition) is 0. The number of hydrogen-bond acceptors (Lipinski definition) is 3. The fourth-order valence-corrected chi connectivity index (χ4v) is 2.78. The van der Waals surface area contributed by atoms with Crippen LogP contribution in [0.25, 0.3) is 0 Å². The number of carbonyl (C=O) groups is 2. The Morgan fingerprint density at radius 2 is 1.58 bits per heavy atom. The van der Waals surface area contributed by atoms with E-state index >= 15 is 0 Å². The van der Waals surface area contributed by atoms with E-state index in [1.807, 2.05) is 6.92 Å². The monoisotopic (exact) mass is 268 g/mol. The third-order valence-electron chi connectivity index (χ3n) is 3.92. The van der Waals surface area contributed by atoms with Gasteiger partial charge in [-0.1, -0.05) is 32.1 Å². The smallest absolute Gasteiger partial charge is 0.305 e. The molecule has 1 fully saturated rings. The van der Waals surface area contributed by atoms with Gasteiger partial charge in [0, 0.05) is 18.8 Å². The molecule has 1 aliphatic rings. The number of esters is 1. The van der Waals surface area contributed by atoms with Gasteiger partial charge in [0.15, 0.2) is 0 Å². The van der Waals surface area contributed by atoms with Gasteiger partial charge in [-0.3, -0.25) is 9.59 Å². The summed E-state index contributed by atoms with van der Waals surface area (Å²) in [6, 6.07) is 0. The van der Waals surface area contributed by atoms with Crippen molar-refractivity contribution in [1.82, 2.24) is 0 Å². The lowest BCUT2D eigenvalue weighted by Gasteiger charge is -2.20. The Kier molecular flexibility index (Phi) is 8.52. The largest absolute Gasteiger partial charge is 0.466 e. The Morgan fingerprint density at radius 1 is 0.947 bits per heavy atom. The maximum Gasteiger partial charge on any atom is 0.305 e. The average molecular weight is 268 g/mol. The molecule has 0 amide bonds. The third-order valence-corrected chi connectivity index (χ3v) is 3.92. The third kappa shape index (κ3) is 7.34. The molecule has 0 radical (unpaired) electrons. The van der Waals surface area contributed by atoms with E-state index < -0.39 is 0 Å². The van der Waals surface area contributed by atoms with E-state index in [-0.39, 0.29) is 5.97 Å². The highest BCUT2D eigenvalue weighted by atomic mass is 16.5. The van der Waals surface area contributed by atoms with Crippen LogP contribution in [0.3, 0.4) is 0 Å². The van der Waals surface area contributed by atoms with Crippen molar-refractivity contribution >= 4 is 11.8 Å². The maximum atomic E-state index is 12.0. The summed E-state index contributed by atoms with van der Waals surface area (Å²) in [4.78, 5) is 23.1. The predicted octanol–water partition coefficient (Wildman–Crippen LogP) is 4.04. The van der Waals surface area contributed by atoms with Crippen molar-refractivity contribution in [1.29, 1.82) is 0 Å². The molecule has 110 valence electrons. The molecule has 0 spiro atoms. The van der Waals surface area contributed by atoms with Crippen molar-refractivity contribution in [2.45, 2.75) is 77.6 Å². The number of ketones is 1. The van der Waals surface area contributed by atoms with E-state index in [1.54, 1.807) is 0 Å². The Balaban J connectivity index is 1.95. The molecule has 0 atom stereocenters. The quantitative estimate of drug-likeness (QED) is 0.468. The van der Waals surface area contributed by atoms with E-state index in [1.165, 1.54) is 19.3 Å². The molecule has 0 heterocycles. The van der Waals surface area contributed by atoms with Crippen LogP contribution in [0.5, 0.6) is 0 Å². The fourth-order valence-electron chi connectivity index (χ4n) is 2.78. The molecular weight excluding hydrogens is 240 g/mol. The molecule has 0 aromatic carbocycles. The molecule has 0 aromatic heterocycles. The SMILES string of the molecule is CCOC(=O)CCCCCCC(=O)C1CCCCC1. The van der Waals surface area contributed by atoms with Crippen LogP contribution in [0.1, 0.15) is 77.6 Å². The molecule has 0 saturated heterocycles. The van der Waals surface area contributed by atoms with Gasteiger partial charge in [0.25, 0.3) is 0 Å². The minimum absolute atomic E-state index is 0.0965. The Bertz CT molecular complexity index is 267. The first-order valence-corrected chi connectivity index (χ1v) is 7.92. The number of Topliss-reactive ketones (excluding diaryl/α,β-unsaturated/α-hetero) is 1. The summed E-state index contributed by atoms with van der Waals surface area (Å²) >= 11 is 0. The van der Waals surface area contributed by atoms with E-state index in [2.05, 4.69) is 0 Å². The van der Waals surface area contributed by atoms with Crippen molar-refractivity contribution < 1.29 is 14.3 Å². The second kappa shape index (κ2) is 9.99. The van der Waals surface area contributed by atoms with Gasteiger partial charge in [-0.05, 0) is 32.6 Å². The first kappa shape index (κ1) is 16.2. The first-order valence-electron chi connectivity index (χ1n) is 7.92. The summed E-state index contributed by atoms with van der Waals surface area (Å²) in [5.41, 5.74) is 0. The van der Waals surface area contributed by atoms with Gasteiger partial charge in [0.1, 0.15) is 5.78 Å². The van der Waals surface area contributed by atoms with E-state index in [9.17, 15) is 9.59 Å². The standard InChI is InChI=1S/C16H28O3/c1-2-19-16(18)13-9-4-3-8-12-15(17)14-10-6-5-7-11-14/h14H,2-13H2,1H3. The van der Waals surface area contributed by atoms with Crippen LogP contribution < -0.4 is 0 Å². The van der Waals surface area contributed by atoms with E-state index in [0.717, 1.165) is 44.9 Å². The molecule has 1 aliphatic carbocycles. The van der Waals surface area contributed by atoms with Crippen LogP contribution in [-0.4, -0.2) is 18.4 Å². The molecule has 0 N–H and O–H groups in total. The first-order chi connectivity index (χ1) is 9.24. The summed E-state index contributed by atoms with van der Waals surface area (Å²) in [6.07, 6.45) is 11.2. The number of rotatable bonds is 9. The van der Waals surface area contributed by atoms with Crippen molar-refractivity contribution in [2.75, 3.05) is 6.61 Å². The van der Waals surface area contributed by atoms with Gasteiger partial charge in [-0.15, -0.1) is 0 Å². The summed E-state index contributed by atoms with van der Waals surface area (Å²) in [7, 11) is 0. The molecule has 19 heavy (non-hydrogen) atoms. The average Bonchev–Trinajstić information content (AvgIpc) is 2.43. The molecular formula is C16H28O3. The van der Waals surface area contributed by atoms with E-state index in [4.69, 9.17) is 4.74 Å². The minimum Gasteiger partial charge on any atom is -0.466 e. The van der Waals surface area contributed by atoms with Gasteiger partial charge < -0.3 is 4.74 Å². The molecule has 1 saturated carbocycles. The van der Waals surface area contributed by atoms with Crippen molar-refractivity contribution in [2.24, 2.45) is 5.92 Å². The topological polar surface area (TPSA) is 43.4 Å². The van der Waals surface area contributed by atoms with Gasteiger partial charge in [0.05, 0.1) is 6.61 Å². The van der Waals surface area contributed by atoms with Gasteiger partial charge in [0.2, 0.25) is 0 Å². The van der Waals surface area contributed by atoms with Gasteiger partial charge >= 0.3 is 5.97 Å². The molecule has 0 bridgehead atoms. The normalized spacial score (nSPS) is 16.3. The zero-order valence-electron chi connectivity index (χ0n) is 12.3. The fraction of sp³-hybridized carbons (Fsp3) is 0.875. The number of unbranched alkanes of at least 4 members (excludes halogenated alkanes) is 3. The number of ether oxygens (including phenoxy) is 1. The van der Waals surface area contributed by atoms with Gasteiger partial charge in [-0.25, -0.2) is 0 Å². The van der Waals surface area contributed by atoms with Crippen LogP contribution in [-0.2, 0) is 14.3 Å². The van der Waals surface area contributed by atoms with Crippen molar-refractivity contribution in [3.8, 4) is 0 Å². The summed E-state index contributed by atoms with van der Waals surface area (Å²) in [5, 5.41) is 0. The highest BCUT2D eigenvalue weighted by Gasteiger charge is 2.20. The molecule has 0 aromatic rings. The zero-order chi connectivity index (χ0) is 13.9. The van der Waals surface area contributed by atoms with E-state index in [0.29, 0.717) is 24.7 Å². The lowest BCUT2D eigenvalue weighted by molar-refractivity contribution is -0.143. The highest BCUT2D eigenvalue weighted by Crippen LogP contribution is 2.25. The lowest BCUT2D eigenvalue weighted by Crippen LogP contribution is -2.17. The zero-order valence-corrected chi connectivity index (χ0v) is 12.3. The molecule has 3 nitrogen and oxygen atoms in total. The Labute approximate surface area is 117 Å². The van der Waals surface area contributed by atoms with Crippen LogP contribution in [0, 0.1) is 5.92 Å². The Hall–Kier alpha value is -0.860. The molecule has 3 heteroatoms. The number of carbonyl (C=O) groups excluding carboxylic acids is 2. The minimum atomic E-state index is -0.0965.